The fraction of sp³-hybridized carbons (Fsp3) is 0.474. The lowest BCUT2D eigenvalue weighted by Gasteiger charge is -2.36. The van der Waals surface area contributed by atoms with Crippen LogP contribution in [-0.2, 0) is 9.53 Å². The van der Waals surface area contributed by atoms with Crippen LogP contribution in [0.3, 0.4) is 0 Å². The number of fused-ring (bicyclic) bond motifs is 1. The van der Waals surface area contributed by atoms with Crippen LogP contribution >= 0.6 is 11.3 Å². The van der Waals surface area contributed by atoms with Gasteiger partial charge >= 0.3 is 0 Å². The van der Waals surface area contributed by atoms with E-state index in [1.165, 1.54) is 4.70 Å². The molecule has 1 aliphatic carbocycles. The maximum Gasteiger partial charge on any atom is 0.226 e. The van der Waals surface area contributed by atoms with E-state index in [4.69, 9.17) is 9.72 Å². The van der Waals surface area contributed by atoms with E-state index in [0.717, 1.165) is 23.4 Å². The summed E-state index contributed by atoms with van der Waals surface area (Å²) in [6.45, 7) is 4.08. The molecule has 0 radical (unpaired) electrons. The number of aromatic nitrogens is 1. The molecular formula is C19H22N2O2S. The van der Waals surface area contributed by atoms with Gasteiger partial charge in [0.05, 0.1) is 33.9 Å². The standard InChI is InChI=1S/C19H22N2O2S/c1-13-12-21(10-11-23-13)19(22)15-7-3-2-6-14(15)18-20-16-8-4-5-9-17(16)24-18/h2-5,8-9,13-15H,6-7,10-12H2,1H3/t13-,14+,15-/m1/s1. The van der Waals surface area contributed by atoms with Gasteiger partial charge in [-0.25, -0.2) is 4.98 Å². The fourth-order valence-electron chi connectivity index (χ4n) is 3.66. The molecule has 1 fully saturated rings. The number of rotatable bonds is 2. The smallest absolute Gasteiger partial charge is 0.226 e. The Morgan fingerprint density at radius 3 is 2.96 bits per heavy atom. The van der Waals surface area contributed by atoms with E-state index in [-0.39, 0.29) is 23.8 Å². The van der Waals surface area contributed by atoms with Gasteiger partial charge in [0.2, 0.25) is 5.91 Å². The summed E-state index contributed by atoms with van der Waals surface area (Å²) in [5.41, 5.74) is 1.04. The van der Waals surface area contributed by atoms with Crippen molar-refractivity contribution in [2.45, 2.75) is 31.8 Å². The predicted octanol–water partition coefficient (Wildman–Crippen LogP) is 3.59. The molecule has 1 amide bonds. The number of allylic oxidation sites excluding steroid dienone is 2. The van der Waals surface area contributed by atoms with Crippen molar-refractivity contribution in [2.75, 3.05) is 19.7 Å². The molecule has 2 aliphatic rings. The van der Waals surface area contributed by atoms with E-state index in [2.05, 4.69) is 24.3 Å². The monoisotopic (exact) mass is 342 g/mol. The van der Waals surface area contributed by atoms with Crippen LogP contribution in [0.25, 0.3) is 10.2 Å². The molecule has 1 aromatic heterocycles. The van der Waals surface area contributed by atoms with Gasteiger partial charge in [0.15, 0.2) is 0 Å². The van der Waals surface area contributed by atoms with E-state index < -0.39 is 0 Å². The van der Waals surface area contributed by atoms with Crippen LogP contribution < -0.4 is 0 Å². The van der Waals surface area contributed by atoms with E-state index in [1.54, 1.807) is 11.3 Å². The molecule has 24 heavy (non-hydrogen) atoms. The van der Waals surface area contributed by atoms with Crippen molar-refractivity contribution in [3.63, 3.8) is 0 Å². The molecule has 2 heterocycles. The maximum absolute atomic E-state index is 13.1. The lowest BCUT2D eigenvalue weighted by Crippen LogP contribution is -2.48. The Morgan fingerprint density at radius 2 is 2.12 bits per heavy atom. The molecule has 1 aliphatic heterocycles. The summed E-state index contributed by atoms with van der Waals surface area (Å²) < 4.78 is 6.78. The predicted molar refractivity (Wildman–Crippen MR) is 96.2 cm³/mol. The molecule has 2 aromatic rings. The number of morpholine rings is 1. The number of para-hydroxylation sites is 1. The Morgan fingerprint density at radius 1 is 1.29 bits per heavy atom. The Labute approximate surface area is 146 Å². The first kappa shape index (κ1) is 15.8. The summed E-state index contributed by atoms with van der Waals surface area (Å²) in [6, 6.07) is 8.22. The lowest BCUT2D eigenvalue weighted by molar-refractivity contribution is -0.143. The molecule has 126 valence electrons. The molecule has 0 bridgehead atoms. The molecule has 0 spiro atoms. The highest BCUT2D eigenvalue weighted by molar-refractivity contribution is 7.18. The van der Waals surface area contributed by atoms with Crippen LogP contribution in [0.1, 0.15) is 30.7 Å². The van der Waals surface area contributed by atoms with Gasteiger partial charge < -0.3 is 9.64 Å². The average molecular weight is 342 g/mol. The largest absolute Gasteiger partial charge is 0.375 e. The number of hydrogen-bond donors (Lipinski definition) is 0. The van der Waals surface area contributed by atoms with E-state index in [0.29, 0.717) is 19.7 Å². The van der Waals surface area contributed by atoms with Crippen LogP contribution in [0.2, 0.25) is 0 Å². The summed E-state index contributed by atoms with van der Waals surface area (Å²) in [5.74, 6) is 0.456. The lowest BCUT2D eigenvalue weighted by atomic mass is 9.82. The third-order valence-corrected chi connectivity index (χ3v) is 6.10. The second-order valence-corrected chi connectivity index (χ2v) is 7.70. The Balaban J connectivity index is 1.61. The highest BCUT2D eigenvalue weighted by Crippen LogP contribution is 2.39. The second kappa shape index (κ2) is 6.65. The van der Waals surface area contributed by atoms with Gasteiger partial charge in [-0.3, -0.25) is 4.79 Å². The Bertz CT molecular complexity index is 737. The van der Waals surface area contributed by atoms with Crippen molar-refractivity contribution in [1.29, 1.82) is 0 Å². The van der Waals surface area contributed by atoms with E-state index >= 15 is 0 Å². The number of ether oxygens (including phenoxy) is 1. The number of carbonyl (C=O) groups is 1. The van der Waals surface area contributed by atoms with Crippen LogP contribution in [0, 0.1) is 5.92 Å². The van der Waals surface area contributed by atoms with Gasteiger partial charge in [0, 0.05) is 19.0 Å². The molecule has 0 unspecified atom stereocenters. The number of benzene rings is 1. The third kappa shape index (κ3) is 2.98. The number of thiazole rings is 1. The van der Waals surface area contributed by atoms with Crippen molar-refractivity contribution in [1.82, 2.24) is 9.88 Å². The summed E-state index contributed by atoms with van der Waals surface area (Å²) in [5, 5.41) is 1.10. The first-order chi connectivity index (χ1) is 11.7. The number of hydrogen-bond acceptors (Lipinski definition) is 4. The second-order valence-electron chi connectivity index (χ2n) is 6.64. The quantitative estimate of drug-likeness (QED) is 0.783. The number of carbonyl (C=O) groups excluding carboxylic acids is 1. The molecule has 0 saturated carbocycles. The summed E-state index contributed by atoms with van der Waals surface area (Å²) in [6.07, 6.45) is 6.18. The van der Waals surface area contributed by atoms with Crippen molar-refractivity contribution >= 4 is 27.5 Å². The zero-order valence-corrected chi connectivity index (χ0v) is 14.7. The van der Waals surface area contributed by atoms with E-state index in [9.17, 15) is 4.79 Å². The van der Waals surface area contributed by atoms with Crippen molar-refractivity contribution in [2.24, 2.45) is 5.92 Å². The van der Waals surface area contributed by atoms with Gasteiger partial charge in [-0.1, -0.05) is 24.3 Å². The van der Waals surface area contributed by atoms with Crippen molar-refractivity contribution < 1.29 is 9.53 Å². The normalized spacial score (nSPS) is 27.5. The number of nitrogens with zero attached hydrogens (tertiary/aromatic N) is 2. The van der Waals surface area contributed by atoms with Gasteiger partial charge in [-0.2, -0.15) is 0 Å². The third-order valence-electron chi connectivity index (χ3n) is 4.93. The summed E-state index contributed by atoms with van der Waals surface area (Å²) >= 11 is 1.73. The van der Waals surface area contributed by atoms with Crippen LogP contribution in [0.15, 0.2) is 36.4 Å². The van der Waals surface area contributed by atoms with Crippen molar-refractivity contribution in [3.8, 4) is 0 Å². The van der Waals surface area contributed by atoms with Crippen LogP contribution in [0.4, 0.5) is 0 Å². The minimum Gasteiger partial charge on any atom is -0.375 e. The van der Waals surface area contributed by atoms with Gasteiger partial charge in [-0.05, 0) is 31.9 Å². The molecular weight excluding hydrogens is 320 g/mol. The molecule has 1 aromatic carbocycles. The van der Waals surface area contributed by atoms with Gasteiger partial charge in [-0.15, -0.1) is 11.3 Å². The highest BCUT2D eigenvalue weighted by atomic mass is 32.1. The minimum absolute atomic E-state index is 0.000798. The maximum atomic E-state index is 13.1. The molecule has 1 saturated heterocycles. The molecule has 0 N–H and O–H groups in total. The van der Waals surface area contributed by atoms with Gasteiger partial charge in [0.1, 0.15) is 0 Å². The van der Waals surface area contributed by atoms with Crippen LogP contribution in [-0.4, -0.2) is 41.6 Å². The zero-order chi connectivity index (χ0) is 16.5. The first-order valence-electron chi connectivity index (χ1n) is 8.63. The zero-order valence-electron chi connectivity index (χ0n) is 13.9. The van der Waals surface area contributed by atoms with Gasteiger partial charge in [0.25, 0.3) is 0 Å². The minimum atomic E-state index is 0.000798. The van der Waals surface area contributed by atoms with E-state index in [1.807, 2.05) is 24.0 Å². The summed E-state index contributed by atoms with van der Waals surface area (Å²) in [4.78, 5) is 19.9. The topological polar surface area (TPSA) is 42.4 Å². The van der Waals surface area contributed by atoms with Crippen LogP contribution in [0.5, 0.6) is 0 Å². The molecule has 4 nitrogen and oxygen atoms in total. The fourth-order valence-corrected chi connectivity index (χ4v) is 4.81. The molecule has 4 rings (SSSR count). The highest BCUT2D eigenvalue weighted by Gasteiger charge is 2.36. The SMILES string of the molecule is C[C@@H]1CN(C(=O)[C@@H]2CC=CC[C@@H]2c2nc3ccccc3s2)CCO1. The molecule has 3 atom stereocenters. The number of amides is 1. The van der Waals surface area contributed by atoms with Crippen molar-refractivity contribution in [3.05, 3.63) is 41.4 Å². The molecule has 5 heteroatoms. The average Bonchev–Trinajstić information content (AvgIpc) is 3.05. The Hall–Kier alpha value is -1.72. The Kier molecular flexibility index (Phi) is 4.37. The summed E-state index contributed by atoms with van der Waals surface area (Å²) in [7, 11) is 0. The first-order valence-corrected chi connectivity index (χ1v) is 9.45.